The molecule has 0 aromatic heterocycles. The Morgan fingerprint density at radius 3 is 2.39 bits per heavy atom. The van der Waals surface area contributed by atoms with Crippen molar-refractivity contribution in [2.45, 2.75) is 45.1 Å². The van der Waals surface area contributed by atoms with Gasteiger partial charge < -0.3 is 15.0 Å². The SMILES string of the molecule is CCCCC(=O)N1CCC(Oc2ccccc2C(=O)NCC(=O)c2ccccc2)CC1. The molecule has 31 heavy (non-hydrogen) atoms. The number of ketones is 1. The van der Waals surface area contributed by atoms with Gasteiger partial charge in [-0.05, 0) is 18.6 Å². The first-order chi connectivity index (χ1) is 15.1. The Morgan fingerprint density at radius 2 is 1.68 bits per heavy atom. The van der Waals surface area contributed by atoms with E-state index in [1.807, 2.05) is 17.0 Å². The zero-order valence-corrected chi connectivity index (χ0v) is 18.0. The molecule has 1 aliphatic rings. The fraction of sp³-hybridized carbons (Fsp3) is 0.400. The van der Waals surface area contributed by atoms with Crippen LogP contribution in [-0.4, -0.2) is 48.2 Å². The molecule has 6 nitrogen and oxygen atoms in total. The fourth-order valence-electron chi connectivity index (χ4n) is 3.63. The van der Waals surface area contributed by atoms with E-state index in [9.17, 15) is 14.4 Å². The van der Waals surface area contributed by atoms with E-state index in [0.717, 1.165) is 25.7 Å². The number of carbonyl (C=O) groups excluding carboxylic acids is 3. The van der Waals surface area contributed by atoms with E-state index in [4.69, 9.17) is 4.74 Å². The third-order valence-corrected chi connectivity index (χ3v) is 5.47. The number of hydrogen-bond donors (Lipinski definition) is 1. The highest BCUT2D eigenvalue weighted by Gasteiger charge is 2.25. The van der Waals surface area contributed by atoms with Crippen LogP contribution in [0.15, 0.2) is 54.6 Å². The van der Waals surface area contributed by atoms with Crippen molar-refractivity contribution in [2.75, 3.05) is 19.6 Å². The highest BCUT2D eigenvalue weighted by molar-refractivity contribution is 6.03. The summed E-state index contributed by atoms with van der Waals surface area (Å²) in [5, 5.41) is 2.70. The number of ether oxygens (including phenoxy) is 1. The number of rotatable bonds is 9. The summed E-state index contributed by atoms with van der Waals surface area (Å²) in [4.78, 5) is 39.0. The Balaban J connectivity index is 1.54. The maximum Gasteiger partial charge on any atom is 0.255 e. The molecular formula is C25H30N2O4. The van der Waals surface area contributed by atoms with E-state index in [1.165, 1.54) is 0 Å². The number of carbonyl (C=O) groups is 3. The number of nitrogens with one attached hydrogen (secondary N) is 1. The van der Waals surface area contributed by atoms with Gasteiger partial charge in [-0.3, -0.25) is 14.4 Å². The molecule has 164 valence electrons. The van der Waals surface area contributed by atoms with E-state index in [0.29, 0.717) is 36.4 Å². The van der Waals surface area contributed by atoms with Gasteiger partial charge in [-0.15, -0.1) is 0 Å². The summed E-state index contributed by atoms with van der Waals surface area (Å²) in [6.07, 6.45) is 3.97. The fourth-order valence-corrected chi connectivity index (χ4v) is 3.63. The van der Waals surface area contributed by atoms with Crippen LogP contribution in [0.3, 0.4) is 0 Å². The van der Waals surface area contributed by atoms with Gasteiger partial charge in [0.05, 0.1) is 12.1 Å². The second-order valence-electron chi connectivity index (χ2n) is 7.77. The molecule has 0 spiro atoms. The van der Waals surface area contributed by atoms with Crippen molar-refractivity contribution in [1.82, 2.24) is 10.2 Å². The predicted octanol–water partition coefficient (Wildman–Crippen LogP) is 3.86. The summed E-state index contributed by atoms with van der Waals surface area (Å²) in [5.74, 6) is 0.227. The number of para-hydroxylation sites is 1. The van der Waals surface area contributed by atoms with Gasteiger partial charge in [0.2, 0.25) is 5.91 Å². The molecule has 0 atom stereocenters. The van der Waals surface area contributed by atoms with E-state index in [-0.39, 0.29) is 30.2 Å². The molecule has 1 fully saturated rings. The first-order valence-electron chi connectivity index (χ1n) is 11.0. The predicted molar refractivity (Wildman–Crippen MR) is 119 cm³/mol. The molecule has 1 heterocycles. The van der Waals surface area contributed by atoms with Gasteiger partial charge in [0.1, 0.15) is 11.9 Å². The second kappa shape index (κ2) is 11.3. The number of nitrogens with zero attached hydrogens (tertiary/aromatic N) is 1. The van der Waals surface area contributed by atoms with Crippen molar-refractivity contribution in [1.29, 1.82) is 0 Å². The minimum atomic E-state index is -0.341. The number of benzene rings is 2. The van der Waals surface area contributed by atoms with Crippen LogP contribution in [0.2, 0.25) is 0 Å². The van der Waals surface area contributed by atoms with Crippen molar-refractivity contribution >= 4 is 17.6 Å². The number of likely N-dealkylation sites (tertiary alicyclic amines) is 1. The van der Waals surface area contributed by atoms with Gasteiger partial charge in [0, 0.05) is 37.9 Å². The van der Waals surface area contributed by atoms with Crippen LogP contribution in [0.4, 0.5) is 0 Å². The smallest absolute Gasteiger partial charge is 0.255 e. The van der Waals surface area contributed by atoms with Gasteiger partial charge in [-0.25, -0.2) is 0 Å². The van der Waals surface area contributed by atoms with Crippen molar-refractivity contribution in [3.63, 3.8) is 0 Å². The lowest BCUT2D eigenvalue weighted by molar-refractivity contribution is -0.133. The number of piperidine rings is 1. The molecule has 0 radical (unpaired) electrons. The van der Waals surface area contributed by atoms with Crippen molar-refractivity contribution in [3.05, 3.63) is 65.7 Å². The second-order valence-corrected chi connectivity index (χ2v) is 7.77. The van der Waals surface area contributed by atoms with Crippen LogP contribution in [0.25, 0.3) is 0 Å². The molecule has 0 aliphatic carbocycles. The van der Waals surface area contributed by atoms with Gasteiger partial charge in [-0.1, -0.05) is 55.8 Å². The minimum Gasteiger partial charge on any atom is -0.489 e. The lowest BCUT2D eigenvalue weighted by Gasteiger charge is -2.32. The van der Waals surface area contributed by atoms with Crippen molar-refractivity contribution < 1.29 is 19.1 Å². The van der Waals surface area contributed by atoms with Crippen LogP contribution < -0.4 is 10.1 Å². The van der Waals surface area contributed by atoms with E-state index in [2.05, 4.69) is 12.2 Å². The zero-order valence-electron chi connectivity index (χ0n) is 18.0. The van der Waals surface area contributed by atoms with Crippen LogP contribution in [0.5, 0.6) is 5.75 Å². The molecule has 3 rings (SSSR count). The molecule has 0 bridgehead atoms. The first kappa shape index (κ1) is 22.5. The van der Waals surface area contributed by atoms with Crippen molar-refractivity contribution in [3.8, 4) is 5.75 Å². The summed E-state index contributed by atoms with van der Waals surface area (Å²) in [6.45, 7) is 3.36. The monoisotopic (exact) mass is 422 g/mol. The topological polar surface area (TPSA) is 75.7 Å². The molecule has 0 saturated carbocycles. The maximum absolute atomic E-state index is 12.7. The molecule has 2 aromatic rings. The van der Waals surface area contributed by atoms with E-state index >= 15 is 0 Å². The van der Waals surface area contributed by atoms with E-state index in [1.54, 1.807) is 42.5 Å². The summed E-state index contributed by atoms with van der Waals surface area (Å²) < 4.78 is 6.12. The quantitative estimate of drug-likeness (QED) is 0.623. The molecule has 2 aromatic carbocycles. The molecule has 1 saturated heterocycles. The Bertz CT molecular complexity index is 889. The molecule has 1 aliphatic heterocycles. The van der Waals surface area contributed by atoms with Crippen LogP contribution in [-0.2, 0) is 4.79 Å². The molecule has 2 amide bonds. The standard InChI is InChI=1S/C25H30N2O4/c1-2-3-13-24(29)27-16-14-20(15-17-27)31-23-12-8-7-11-21(23)25(30)26-18-22(28)19-9-5-4-6-10-19/h4-12,20H,2-3,13-18H2,1H3,(H,26,30). The average molecular weight is 423 g/mol. The molecule has 0 unspecified atom stereocenters. The highest BCUT2D eigenvalue weighted by atomic mass is 16.5. The number of hydrogen-bond acceptors (Lipinski definition) is 4. The van der Waals surface area contributed by atoms with Gasteiger partial charge in [-0.2, -0.15) is 0 Å². The van der Waals surface area contributed by atoms with Gasteiger partial charge >= 0.3 is 0 Å². The Hall–Kier alpha value is -3.15. The molecular weight excluding hydrogens is 392 g/mol. The summed E-state index contributed by atoms with van der Waals surface area (Å²) in [6, 6.07) is 15.9. The number of amides is 2. The third-order valence-electron chi connectivity index (χ3n) is 5.47. The van der Waals surface area contributed by atoms with Gasteiger partial charge in [0.25, 0.3) is 5.91 Å². The third kappa shape index (κ3) is 6.41. The van der Waals surface area contributed by atoms with Crippen LogP contribution >= 0.6 is 0 Å². The number of unbranched alkanes of at least 4 members (excludes halogenated alkanes) is 1. The summed E-state index contributed by atoms with van der Waals surface area (Å²) in [5.41, 5.74) is 0.970. The maximum atomic E-state index is 12.7. The van der Waals surface area contributed by atoms with Gasteiger partial charge in [0.15, 0.2) is 5.78 Å². The lowest BCUT2D eigenvalue weighted by Crippen LogP contribution is -2.41. The average Bonchev–Trinajstić information content (AvgIpc) is 2.82. The highest BCUT2D eigenvalue weighted by Crippen LogP contribution is 2.23. The zero-order chi connectivity index (χ0) is 22.1. The summed E-state index contributed by atoms with van der Waals surface area (Å²) >= 11 is 0. The first-order valence-corrected chi connectivity index (χ1v) is 11.0. The molecule has 6 heteroatoms. The lowest BCUT2D eigenvalue weighted by atomic mass is 10.1. The Labute approximate surface area is 183 Å². The molecule has 1 N–H and O–H groups in total. The van der Waals surface area contributed by atoms with Crippen molar-refractivity contribution in [2.24, 2.45) is 0 Å². The normalized spacial score (nSPS) is 14.2. The number of Topliss-reactive ketones (excluding diaryl/α,β-unsaturated/α-hetero) is 1. The van der Waals surface area contributed by atoms with E-state index < -0.39 is 0 Å². The summed E-state index contributed by atoms with van der Waals surface area (Å²) in [7, 11) is 0. The Kier molecular flexibility index (Phi) is 8.21. The largest absolute Gasteiger partial charge is 0.489 e. The van der Waals surface area contributed by atoms with Crippen LogP contribution in [0.1, 0.15) is 59.7 Å². The minimum absolute atomic E-state index is 0.0462. The Morgan fingerprint density at radius 1 is 1.00 bits per heavy atom. The van der Waals surface area contributed by atoms with Crippen LogP contribution in [0, 0.1) is 0 Å².